The van der Waals surface area contributed by atoms with Gasteiger partial charge >= 0.3 is 6.55 Å². The zero-order valence-electron chi connectivity index (χ0n) is 13.8. The fraction of sp³-hybridized carbons (Fsp3) is 0.733. The summed E-state index contributed by atoms with van der Waals surface area (Å²) in [5, 5.41) is 6.43. The number of aliphatic imine (C=N–C) groups is 1. The number of imidazole rings is 1. The lowest BCUT2D eigenvalue weighted by molar-refractivity contribution is 0.0668. The molecule has 0 aliphatic carbocycles. The quantitative estimate of drug-likeness (QED) is 0.618. The zero-order chi connectivity index (χ0) is 16.7. The first-order valence-corrected chi connectivity index (χ1v) is 8.13. The van der Waals surface area contributed by atoms with E-state index in [0.29, 0.717) is 17.8 Å². The molecule has 0 radical (unpaired) electrons. The summed E-state index contributed by atoms with van der Waals surface area (Å²) in [5.41, 5.74) is 0. The Morgan fingerprint density at radius 1 is 1.43 bits per heavy atom. The average molecular weight is 328 g/mol. The van der Waals surface area contributed by atoms with Crippen molar-refractivity contribution in [3.8, 4) is 0 Å². The molecular formula is C15H26F2N6. The van der Waals surface area contributed by atoms with Crippen LogP contribution < -0.4 is 10.6 Å². The maximum atomic E-state index is 12.8. The maximum Gasteiger partial charge on any atom is 0.319 e. The number of aromatic nitrogens is 2. The number of guanidine groups is 1. The molecule has 0 spiro atoms. The molecule has 8 heteroatoms. The molecule has 2 heterocycles. The van der Waals surface area contributed by atoms with Crippen molar-refractivity contribution in [2.45, 2.75) is 45.3 Å². The van der Waals surface area contributed by atoms with Gasteiger partial charge in [-0.05, 0) is 25.8 Å². The summed E-state index contributed by atoms with van der Waals surface area (Å²) in [4.78, 5) is 10.6. The second kappa shape index (κ2) is 8.81. The zero-order valence-corrected chi connectivity index (χ0v) is 13.8. The van der Waals surface area contributed by atoms with Crippen LogP contribution in [0.4, 0.5) is 8.78 Å². The van der Waals surface area contributed by atoms with E-state index in [-0.39, 0.29) is 6.54 Å². The second-order valence-corrected chi connectivity index (χ2v) is 5.71. The number of hydrogen-bond acceptors (Lipinski definition) is 3. The molecule has 0 aromatic carbocycles. The molecule has 2 N–H and O–H groups in total. The Morgan fingerprint density at radius 2 is 2.17 bits per heavy atom. The maximum absolute atomic E-state index is 12.8. The predicted molar refractivity (Wildman–Crippen MR) is 86.6 cm³/mol. The lowest BCUT2D eigenvalue weighted by atomic mass is 10.1. The van der Waals surface area contributed by atoms with Gasteiger partial charge in [0.2, 0.25) is 0 Å². The third-order valence-corrected chi connectivity index (χ3v) is 4.06. The molecule has 0 atom stereocenters. The van der Waals surface area contributed by atoms with Crippen LogP contribution in [0.3, 0.4) is 0 Å². The van der Waals surface area contributed by atoms with Crippen LogP contribution in [0.2, 0.25) is 0 Å². The molecule has 1 aromatic rings. The van der Waals surface area contributed by atoms with Gasteiger partial charge < -0.3 is 15.5 Å². The summed E-state index contributed by atoms with van der Waals surface area (Å²) in [7, 11) is 1.68. The summed E-state index contributed by atoms with van der Waals surface area (Å²) in [5.74, 6) is 0.920. The molecule has 0 unspecified atom stereocenters. The second-order valence-electron chi connectivity index (χ2n) is 5.71. The van der Waals surface area contributed by atoms with Crippen LogP contribution in [0, 0.1) is 0 Å². The van der Waals surface area contributed by atoms with Gasteiger partial charge in [-0.15, -0.1) is 0 Å². The number of rotatable bonds is 6. The van der Waals surface area contributed by atoms with Crippen molar-refractivity contribution >= 4 is 5.96 Å². The number of likely N-dealkylation sites (tertiary alicyclic amines) is 1. The van der Waals surface area contributed by atoms with E-state index in [9.17, 15) is 8.78 Å². The highest BCUT2D eigenvalue weighted by Gasteiger charge is 2.19. The smallest absolute Gasteiger partial charge is 0.319 e. The van der Waals surface area contributed by atoms with Crippen LogP contribution in [0.15, 0.2) is 17.4 Å². The van der Waals surface area contributed by atoms with Gasteiger partial charge in [0, 0.05) is 38.6 Å². The first-order chi connectivity index (χ1) is 11.1. The molecule has 1 aliphatic heterocycles. The van der Waals surface area contributed by atoms with Gasteiger partial charge in [-0.25, -0.2) is 4.98 Å². The molecule has 0 saturated carbocycles. The molecule has 1 aromatic heterocycles. The van der Waals surface area contributed by atoms with E-state index in [1.165, 1.54) is 18.8 Å². The Kier molecular flexibility index (Phi) is 6.76. The van der Waals surface area contributed by atoms with E-state index in [2.05, 4.69) is 32.4 Å². The average Bonchev–Trinajstić information content (AvgIpc) is 3.02. The lowest BCUT2D eigenvalue weighted by Gasteiger charge is -2.32. The molecule has 0 bridgehead atoms. The van der Waals surface area contributed by atoms with Gasteiger partial charge in [0.05, 0.1) is 6.54 Å². The Labute approximate surface area is 136 Å². The summed E-state index contributed by atoms with van der Waals surface area (Å²) in [6.07, 6.45) is 5.96. The summed E-state index contributed by atoms with van der Waals surface area (Å²) in [6.45, 7) is 3.14. The topological polar surface area (TPSA) is 57.5 Å². The van der Waals surface area contributed by atoms with Crippen LogP contribution in [0.25, 0.3) is 0 Å². The van der Waals surface area contributed by atoms with E-state index in [0.717, 1.165) is 37.0 Å². The van der Waals surface area contributed by atoms with E-state index >= 15 is 0 Å². The summed E-state index contributed by atoms with van der Waals surface area (Å²) < 4.78 is 26.4. The molecule has 1 aliphatic rings. The fourth-order valence-corrected chi connectivity index (χ4v) is 2.83. The minimum absolute atomic E-state index is 0.214. The van der Waals surface area contributed by atoms with Gasteiger partial charge in [0.25, 0.3) is 0 Å². The van der Waals surface area contributed by atoms with Gasteiger partial charge in [-0.3, -0.25) is 9.56 Å². The van der Waals surface area contributed by atoms with Crippen LogP contribution >= 0.6 is 0 Å². The van der Waals surface area contributed by atoms with Gasteiger partial charge in [0.1, 0.15) is 5.82 Å². The number of hydrogen-bond donors (Lipinski definition) is 2. The highest BCUT2D eigenvalue weighted by molar-refractivity contribution is 5.79. The molecule has 1 saturated heterocycles. The van der Waals surface area contributed by atoms with E-state index in [1.54, 1.807) is 7.05 Å². The minimum Gasteiger partial charge on any atom is -0.354 e. The predicted octanol–water partition coefficient (Wildman–Crippen LogP) is 1.82. The Bertz CT molecular complexity index is 494. The van der Waals surface area contributed by atoms with Crippen molar-refractivity contribution in [3.05, 3.63) is 18.2 Å². The molecule has 23 heavy (non-hydrogen) atoms. The first kappa shape index (κ1) is 17.7. The highest BCUT2D eigenvalue weighted by atomic mass is 19.3. The Morgan fingerprint density at radius 3 is 2.78 bits per heavy atom. The normalized spacial score (nSPS) is 17.7. The standard InChI is InChI=1S/C15H26F2N6/c1-3-7-22-8-4-12(5-9-22)21-15(18-2)20-11-13-19-6-10-23(13)14(16)17/h6,10,12,14H,3-5,7-9,11H2,1-2H3,(H2,18,20,21). The van der Waals surface area contributed by atoms with E-state index in [1.807, 2.05) is 0 Å². The Hall–Kier alpha value is -1.70. The molecule has 130 valence electrons. The van der Waals surface area contributed by atoms with E-state index in [4.69, 9.17) is 0 Å². The van der Waals surface area contributed by atoms with E-state index < -0.39 is 6.55 Å². The molecule has 2 rings (SSSR count). The van der Waals surface area contributed by atoms with Gasteiger partial charge in [-0.1, -0.05) is 6.92 Å². The Balaban J connectivity index is 1.79. The molecular weight excluding hydrogens is 302 g/mol. The number of nitrogens with zero attached hydrogens (tertiary/aromatic N) is 4. The molecule has 6 nitrogen and oxygen atoms in total. The van der Waals surface area contributed by atoms with Crippen LogP contribution in [0.1, 0.15) is 38.6 Å². The summed E-state index contributed by atoms with van der Waals surface area (Å²) in [6, 6.07) is 0.365. The SMILES string of the molecule is CCCN1CCC(NC(=NC)NCc2nccn2C(F)F)CC1. The minimum atomic E-state index is -2.58. The van der Waals surface area contributed by atoms with Crippen molar-refractivity contribution in [2.75, 3.05) is 26.7 Å². The van der Waals surface area contributed by atoms with Gasteiger partial charge in [-0.2, -0.15) is 8.78 Å². The van der Waals surface area contributed by atoms with Gasteiger partial charge in [0.15, 0.2) is 5.96 Å². The lowest BCUT2D eigenvalue weighted by Crippen LogP contribution is -2.48. The van der Waals surface area contributed by atoms with Crippen molar-refractivity contribution in [1.29, 1.82) is 0 Å². The number of nitrogens with one attached hydrogen (secondary N) is 2. The highest BCUT2D eigenvalue weighted by Crippen LogP contribution is 2.12. The number of halogens is 2. The van der Waals surface area contributed by atoms with Crippen molar-refractivity contribution < 1.29 is 8.78 Å². The van der Waals surface area contributed by atoms with Crippen molar-refractivity contribution in [2.24, 2.45) is 4.99 Å². The van der Waals surface area contributed by atoms with Crippen molar-refractivity contribution in [3.63, 3.8) is 0 Å². The van der Waals surface area contributed by atoms with Crippen LogP contribution in [0.5, 0.6) is 0 Å². The number of piperidine rings is 1. The first-order valence-electron chi connectivity index (χ1n) is 8.13. The molecule has 1 fully saturated rings. The third-order valence-electron chi connectivity index (χ3n) is 4.06. The van der Waals surface area contributed by atoms with Crippen LogP contribution in [-0.2, 0) is 6.54 Å². The van der Waals surface area contributed by atoms with Crippen LogP contribution in [-0.4, -0.2) is 53.1 Å². The monoisotopic (exact) mass is 328 g/mol. The van der Waals surface area contributed by atoms with Crippen molar-refractivity contribution in [1.82, 2.24) is 25.1 Å². The fourth-order valence-electron chi connectivity index (χ4n) is 2.83. The number of alkyl halides is 2. The largest absolute Gasteiger partial charge is 0.354 e. The summed E-state index contributed by atoms with van der Waals surface area (Å²) >= 11 is 0. The molecule has 0 amide bonds. The third kappa shape index (κ3) is 5.16.